The molecule has 2 atom stereocenters. The van der Waals surface area contributed by atoms with Crippen molar-refractivity contribution in [1.82, 2.24) is 0 Å². The minimum atomic E-state index is -2.09. The molecule has 0 spiro atoms. The number of esters is 2. The summed E-state index contributed by atoms with van der Waals surface area (Å²) >= 11 is 0. The Bertz CT molecular complexity index is 1150. The molecule has 0 aliphatic rings. The van der Waals surface area contributed by atoms with Crippen molar-refractivity contribution in [3.8, 4) is 0 Å². The average Bonchev–Trinajstić information content (AvgIpc) is 2.82. The minimum Gasteiger partial charge on any atom is -0.478 e. The van der Waals surface area contributed by atoms with Crippen LogP contribution in [0.3, 0.4) is 0 Å². The van der Waals surface area contributed by atoms with Gasteiger partial charge in [0.25, 0.3) is 5.91 Å². The van der Waals surface area contributed by atoms with Gasteiger partial charge in [0.2, 0.25) is 12.2 Å². The van der Waals surface area contributed by atoms with Gasteiger partial charge in [-0.15, -0.1) is 0 Å². The summed E-state index contributed by atoms with van der Waals surface area (Å²) in [4.78, 5) is 50.1. The molecular formula is C25H21NO7. The number of nitrogens with one attached hydrogen (secondary N) is 1. The lowest BCUT2D eigenvalue weighted by molar-refractivity contribution is -0.157. The SMILES string of the molecule is Cc1cccc(NC(=O)[C@H](OC(=O)c2ccccc2)[C@H](OC(=O)c2ccccc2)C(=O)O)c1. The topological polar surface area (TPSA) is 119 Å². The molecule has 0 saturated heterocycles. The van der Waals surface area contributed by atoms with Crippen LogP contribution in [0.4, 0.5) is 5.69 Å². The van der Waals surface area contributed by atoms with Crippen molar-refractivity contribution < 1.29 is 33.8 Å². The Morgan fingerprint density at radius 1 is 0.727 bits per heavy atom. The standard InChI is InChI=1S/C25H21NO7/c1-16-9-8-14-19(15-16)26-22(27)20(32-24(30)17-10-4-2-5-11-17)21(23(28)29)33-25(31)18-12-6-3-7-13-18/h2-15,20-21H,1H3,(H,26,27)(H,28,29)/t20-,21+/m1/s1. The number of amides is 1. The zero-order valence-corrected chi connectivity index (χ0v) is 17.6. The van der Waals surface area contributed by atoms with E-state index in [0.717, 1.165) is 5.56 Å². The Balaban J connectivity index is 1.90. The summed E-state index contributed by atoms with van der Waals surface area (Å²) in [5, 5.41) is 12.3. The van der Waals surface area contributed by atoms with E-state index in [1.807, 2.05) is 13.0 Å². The predicted octanol–water partition coefficient (Wildman–Crippen LogP) is 3.47. The normalized spacial score (nSPS) is 12.2. The highest BCUT2D eigenvalue weighted by molar-refractivity contribution is 6.01. The number of carbonyl (C=O) groups is 4. The lowest BCUT2D eigenvalue weighted by atomic mass is 10.1. The molecule has 8 heteroatoms. The molecule has 2 N–H and O–H groups in total. The number of aliphatic carboxylic acids is 1. The molecule has 0 heterocycles. The van der Waals surface area contributed by atoms with Crippen LogP contribution in [0.1, 0.15) is 26.3 Å². The highest BCUT2D eigenvalue weighted by atomic mass is 16.6. The van der Waals surface area contributed by atoms with Crippen LogP contribution in [-0.4, -0.2) is 41.1 Å². The predicted molar refractivity (Wildman–Crippen MR) is 119 cm³/mol. The van der Waals surface area contributed by atoms with Crippen molar-refractivity contribution in [2.75, 3.05) is 5.32 Å². The number of hydrogen-bond donors (Lipinski definition) is 2. The molecule has 1 amide bonds. The summed E-state index contributed by atoms with van der Waals surface area (Å²) in [5.41, 5.74) is 1.38. The summed E-state index contributed by atoms with van der Waals surface area (Å²) in [6.07, 6.45) is -4.04. The molecule has 3 aromatic carbocycles. The summed E-state index contributed by atoms with van der Waals surface area (Å²) in [7, 11) is 0. The number of ether oxygens (including phenoxy) is 2. The third-order valence-corrected chi connectivity index (χ3v) is 4.55. The van der Waals surface area contributed by atoms with Gasteiger partial charge in [0, 0.05) is 5.69 Å². The summed E-state index contributed by atoms with van der Waals surface area (Å²) in [5.74, 6) is -4.53. The van der Waals surface area contributed by atoms with E-state index in [2.05, 4.69) is 5.32 Å². The van der Waals surface area contributed by atoms with Gasteiger partial charge in [-0.1, -0.05) is 48.5 Å². The smallest absolute Gasteiger partial charge is 0.349 e. The molecular weight excluding hydrogens is 426 g/mol. The molecule has 168 valence electrons. The number of hydrogen-bond acceptors (Lipinski definition) is 6. The fourth-order valence-corrected chi connectivity index (χ4v) is 2.95. The van der Waals surface area contributed by atoms with Gasteiger partial charge < -0.3 is 19.9 Å². The first kappa shape index (κ1) is 23.2. The fourth-order valence-electron chi connectivity index (χ4n) is 2.95. The Kier molecular flexibility index (Phi) is 7.54. The lowest BCUT2D eigenvalue weighted by Crippen LogP contribution is -2.48. The first-order chi connectivity index (χ1) is 15.8. The van der Waals surface area contributed by atoms with Crippen LogP contribution in [0, 0.1) is 6.92 Å². The maximum absolute atomic E-state index is 13.0. The molecule has 3 aromatic rings. The highest BCUT2D eigenvalue weighted by Gasteiger charge is 2.41. The second-order valence-corrected chi connectivity index (χ2v) is 7.08. The van der Waals surface area contributed by atoms with E-state index < -0.39 is 36.0 Å². The van der Waals surface area contributed by atoms with Crippen LogP contribution in [0.5, 0.6) is 0 Å². The molecule has 0 fully saturated rings. The van der Waals surface area contributed by atoms with E-state index in [-0.39, 0.29) is 11.1 Å². The molecule has 0 unspecified atom stereocenters. The first-order valence-electron chi connectivity index (χ1n) is 9.97. The van der Waals surface area contributed by atoms with E-state index in [9.17, 15) is 24.3 Å². The van der Waals surface area contributed by atoms with Crippen LogP contribution < -0.4 is 5.32 Å². The quantitative estimate of drug-likeness (QED) is 0.508. The van der Waals surface area contributed by atoms with Crippen LogP contribution in [0.2, 0.25) is 0 Å². The van der Waals surface area contributed by atoms with Crippen molar-refractivity contribution in [2.45, 2.75) is 19.1 Å². The molecule has 0 bridgehead atoms. The zero-order valence-electron chi connectivity index (χ0n) is 17.6. The zero-order chi connectivity index (χ0) is 23.8. The van der Waals surface area contributed by atoms with Crippen LogP contribution >= 0.6 is 0 Å². The number of anilines is 1. The Morgan fingerprint density at radius 2 is 1.24 bits per heavy atom. The third kappa shape index (κ3) is 6.27. The molecule has 8 nitrogen and oxygen atoms in total. The molecule has 0 aliphatic heterocycles. The molecule has 33 heavy (non-hydrogen) atoms. The number of rotatable bonds is 8. The monoisotopic (exact) mass is 447 g/mol. The maximum Gasteiger partial charge on any atom is 0.349 e. The van der Waals surface area contributed by atoms with Gasteiger partial charge in [0.05, 0.1) is 11.1 Å². The number of benzene rings is 3. The Morgan fingerprint density at radius 3 is 1.73 bits per heavy atom. The largest absolute Gasteiger partial charge is 0.478 e. The number of carbonyl (C=O) groups excluding carboxylic acids is 3. The van der Waals surface area contributed by atoms with E-state index in [1.165, 1.54) is 24.3 Å². The summed E-state index contributed by atoms with van der Waals surface area (Å²) < 4.78 is 10.4. The van der Waals surface area contributed by atoms with Gasteiger partial charge in [0.15, 0.2) is 0 Å². The average molecular weight is 447 g/mol. The second-order valence-electron chi connectivity index (χ2n) is 7.08. The minimum absolute atomic E-state index is 0.0796. The van der Waals surface area contributed by atoms with Gasteiger partial charge >= 0.3 is 17.9 Å². The van der Waals surface area contributed by atoms with Gasteiger partial charge in [0.1, 0.15) is 0 Å². The van der Waals surface area contributed by atoms with Crippen LogP contribution in [-0.2, 0) is 19.1 Å². The van der Waals surface area contributed by atoms with Crippen molar-refractivity contribution in [3.05, 3.63) is 102 Å². The van der Waals surface area contributed by atoms with Crippen LogP contribution in [0.15, 0.2) is 84.9 Å². The van der Waals surface area contributed by atoms with Crippen molar-refractivity contribution >= 4 is 29.5 Å². The number of aryl methyl sites for hydroxylation is 1. The number of carboxylic acids is 1. The van der Waals surface area contributed by atoms with Crippen molar-refractivity contribution in [3.63, 3.8) is 0 Å². The highest BCUT2D eigenvalue weighted by Crippen LogP contribution is 2.16. The molecule has 3 rings (SSSR count). The van der Waals surface area contributed by atoms with E-state index in [0.29, 0.717) is 5.69 Å². The van der Waals surface area contributed by atoms with Gasteiger partial charge in [-0.3, -0.25) is 4.79 Å². The molecule has 0 aliphatic carbocycles. The van der Waals surface area contributed by atoms with Gasteiger partial charge in [-0.25, -0.2) is 14.4 Å². The Hall–Kier alpha value is -4.46. The van der Waals surface area contributed by atoms with Gasteiger partial charge in [-0.05, 0) is 48.9 Å². The van der Waals surface area contributed by atoms with Crippen LogP contribution in [0.25, 0.3) is 0 Å². The maximum atomic E-state index is 13.0. The molecule has 0 radical (unpaired) electrons. The van der Waals surface area contributed by atoms with Crippen molar-refractivity contribution in [1.29, 1.82) is 0 Å². The first-order valence-corrected chi connectivity index (χ1v) is 9.97. The van der Waals surface area contributed by atoms with E-state index in [1.54, 1.807) is 54.6 Å². The molecule has 0 saturated carbocycles. The third-order valence-electron chi connectivity index (χ3n) is 4.55. The fraction of sp³-hybridized carbons (Fsp3) is 0.120. The second kappa shape index (κ2) is 10.7. The van der Waals surface area contributed by atoms with E-state index in [4.69, 9.17) is 9.47 Å². The lowest BCUT2D eigenvalue weighted by Gasteiger charge is -2.23. The summed E-state index contributed by atoms with van der Waals surface area (Å²) in [6, 6.07) is 22.2. The number of carboxylic acid groups (broad SMARTS) is 1. The summed E-state index contributed by atoms with van der Waals surface area (Å²) in [6.45, 7) is 1.81. The Labute approximate surface area is 189 Å². The van der Waals surface area contributed by atoms with E-state index >= 15 is 0 Å². The van der Waals surface area contributed by atoms with Crippen molar-refractivity contribution in [2.24, 2.45) is 0 Å². The van der Waals surface area contributed by atoms with Gasteiger partial charge in [-0.2, -0.15) is 0 Å². The molecule has 0 aromatic heterocycles.